The number of fused-ring (bicyclic) bond motifs is 13. The second kappa shape index (κ2) is 14.1. The van der Waals surface area contributed by atoms with Crippen LogP contribution in [-0.2, 0) is 5.41 Å². The fraction of sp³-hybridized carbons (Fsp3) is 0.0164. The largest absolute Gasteiger partial charge is 0.310 e. The van der Waals surface area contributed by atoms with Crippen LogP contribution in [0.2, 0.25) is 0 Å². The van der Waals surface area contributed by atoms with Crippen molar-refractivity contribution in [1.29, 1.82) is 0 Å². The van der Waals surface area contributed by atoms with Crippen molar-refractivity contribution >= 4 is 48.6 Å². The monoisotopic (exact) mass is 817 g/mol. The third kappa shape index (κ3) is 5.42. The van der Waals surface area contributed by atoms with E-state index in [1.807, 2.05) is 11.3 Å². The number of rotatable bonds is 6. The van der Waals surface area contributed by atoms with Crippen molar-refractivity contribution in [3.05, 3.63) is 259 Å². The summed E-state index contributed by atoms with van der Waals surface area (Å²) in [6.45, 7) is 0. The minimum atomic E-state index is -0.435. The normalized spacial score (nSPS) is 12.9. The third-order valence-corrected chi connectivity index (χ3v) is 14.7. The number of hydrogen-bond donors (Lipinski definition) is 0. The summed E-state index contributed by atoms with van der Waals surface area (Å²) in [5, 5.41) is 2.62. The van der Waals surface area contributed by atoms with Crippen LogP contribution in [0.1, 0.15) is 22.3 Å². The van der Waals surface area contributed by atoms with Crippen LogP contribution in [0.15, 0.2) is 237 Å². The summed E-state index contributed by atoms with van der Waals surface area (Å²) in [4.78, 5) is 2.46. The Balaban J connectivity index is 0.993. The van der Waals surface area contributed by atoms with E-state index in [1.54, 1.807) is 0 Å². The van der Waals surface area contributed by atoms with E-state index in [1.165, 1.54) is 98.1 Å². The number of nitrogens with zero attached hydrogens (tertiary/aromatic N) is 1. The van der Waals surface area contributed by atoms with E-state index in [0.29, 0.717) is 0 Å². The molecule has 0 N–H and O–H groups in total. The van der Waals surface area contributed by atoms with Gasteiger partial charge in [-0.25, -0.2) is 0 Å². The van der Waals surface area contributed by atoms with Gasteiger partial charge in [-0.3, -0.25) is 0 Å². The van der Waals surface area contributed by atoms with Gasteiger partial charge in [0, 0.05) is 37.2 Å². The first-order chi connectivity index (χ1) is 31.2. The maximum Gasteiger partial charge on any atom is 0.0726 e. The van der Waals surface area contributed by atoms with E-state index in [0.717, 1.165) is 17.1 Å². The summed E-state index contributed by atoms with van der Waals surface area (Å²) in [7, 11) is 0. The molecule has 1 heterocycles. The topological polar surface area (TPSA) is 3.24 Å². The van der Waals surface area contributed by atoms with E-state index in [9.17, 15) is 0 Å². The minimum Gasteiger partial charge on any atom is -0.310 e. The molecule has 0 aliphatic heterocycles. The number of anilines is 3. The Morgan fingerprint density at radius 1 is 0.286 bits per heavy atom. The lowest BCUT2D eigenvalue weighted by atomic mass is 9.70. The van der Waals surface area contributed by atoms with Crippen molar-refractivity contribution in [2.24, 2.45) is 0 Å². The van der Waals surface area contributed by atoms with Gasteiger partial charge in [0.05, 0.1) is 5.41 Å². The van der Waals surface area contributed by atoms with Gasteiger partial charge in [0.25, 0.3) is 0 Å². The lowest BCUT2D eigenvalue weighted by Crippen LogP contribution is -2.26. The number of hydrogen-bond acceptors (Lipinski definition) is 2. The lowest BCUT2D eigenvalue weighted by molar-refractivity contribution is 0.793. The second-order valence-electron chi connectivity index (χ2n) is 16.8. The lowest BCUT2D eigenvalue weighted by Gasteiger charge is -2.32. The zero-order chi connectivity index (χ0) is 41.5. The van der Waals surface area contributed by atoms with Crippen molar-refractivity contribution in [2.75, 3.05) is 4.90 Å². The smallest absolute Gasteiger partial charge is 0.0726 e. The van der Waals surface area contributed by atoms with Crippen LogP contribution in [0, 0.1) is 0 Å². The molecule has 10 aromatic carbocycles. The van der Waals surface area contributed by atoms with E-state index < -0.39 is 5.41 Å². The van der Waals surface area contributed by atoms with Crippen LogP contribution in [0.25, 0.3) is 75.8 Å². The van der Waals surface area contributed by atoms with E-state index in [4.69, 9.17) is 0 Å². The van der Waals surface area contributed by atoms with Crippen LogP contribution >= 0.6 is 11.3 Å². The molecule has 2 aliphatic rings. The van der Waals surface area contributed by atoms with Crippen molar-refractivity contribution in [1.82, 2.24) is 0 Å². The molecule has 294 valence electrons. The molecule has 0 fully saturated rings. The van der Waals surface area contributed by atoms with E-state index >= 15 is 0 Å². The summed E-state index contributed by atoms with van der Waals surface area (Å²) in [6.07, 6.45) is 0. The van der Waals surface area contributed by atoms with Crippen LogP contribution < -0.4 is 4.90 Å². The van der Waals surface area contributed by atoms with Gasteiger partial charge in [0.1, 0.15) is 0 Å². The summed E-state index contributed by atoms with van der Waals surface area (Å²) >= 11 is 1.88. The minimum absolute atomic E-state index is 0.435. The molecule has 63 heavy (non-hydrogen) atoms. The molecule has 0 saturated heterocycles. The molecule has 11 aromatic rings. The Bertz CT molecular complexity index is 3500. The van der Waals surface area contributed by atoms with E-state index in [-0.39, 0.29) is 0 Å². The van der Waals surface area contributed by atoms with Gasteiger partial charge in [-0.15, -0.1) is 11.3 Å². The van der Waals surface area contributed by atoms with Gasteiger partial charge >= 0.3 is 0 Å². The first kappa shape index (κ1) is 35.9. The van der Waals surface area contributed by atoms with Gasteiger partial charge in [0.15, 0.2) is 0 Å². The Labute approximate surface area is 371 Å². The maximum absolute atomic E-state index is 2.49. The van der Waals surface area contributed by atoms with Gasteiger partial charge in [-0.05, 0) is 120 Å². The highest BCUT2D eigenvalue weighted by Crippen LogP contribution is 2.63. The van der Waals surface area contributed by atoms with Crippen LogP contribution in [0.4, 0.5) is 17.1 Å². The molecule has 0 radical (unpaired) electrons. The third-order valence-electron chi connectivity index (χ3n) is 13.5. The molecule has 1 aromatic heterocycles. The number of thiophene rings is 1. The molecule has 1 spiro atoms. The molecule has 2 aliphatic carbocycles. The zero-order valence-corrected chi connectivity index (χ0v) is 35.2. The van der Waals surface area contributed by atoms with Crippen molar-refractivity contribution in [3.8, 4) is 55.6 Å². The Kier molecular flexibility index (Phi) is 8.06. The molecule has 1 nitrogen and oxygen atoms in total. The highest BCUT2D eigenvalue weighted by Gasteiger charge is 2.51. The molecular weight excluding hydrogens is 779 g/mol. The van der Waals surface area contributed by atoms with Gasteiger partial charge in [-0.2, -0.15) is 0 Å². The summed E-state index contributed by atoms with van der Waals surface area (Å²) < 4.78 is 2.64. The maximum atomic E-state index is 2.49. The highest BCUT2D eigenvalue weighted by molar-refractivity contribution is 7.26. The quantitative estimate of drug-likeness (QED) is 0.162. The van der Waals surface area contributed by atoms with Crippen LogP contribution in [0.5, 0.6) is 0 Å². The molecule has 0 amide bonds. The predicted molar refractivity (Wildman–Crippen MR) is 267 cm³/mol. The number of benzene rings is 10. The van der Waals surface area contributed by atoms with E-state index in [2.05, 4.69) is 241 Å². The molecule has 0 atom stereocenters. The first-order valence-electron chi connectivity index (χ1n) is 21.7. The summed E-state index contributed by atoms with van der Waals surface area (Å²) in [5.74, 6) is 0. The molecule has 0 saturated carbocycles. The summed E-state index contributed by atoms with van der Waals surface area (Å²) in [6, 6.07) is 87.7. The fourth-order valence-electron chi connectivity index (χ4n) is 10.7. The fourth-order valence-corrected chi connectivity index (χ4v) is 12.0. The standard InChI is InChI=1S/C61H39NS/c1-2-14-40(15-3-1)41-28-30-42(31-29-41)43-32-34-45(35-33-43)62(46-17-12-16-44(38-46)48-22-13-23-54-53-21-7-11-27-59(53)63-60(48)54)47-36-37-52-51-20-6-10-26-57(51)61(58(52)39-47)55-24-8-4-18-49(55)50-19-5-9-25-56(50)61/h1-39H. The Morgan fingerprint density at radius 2 is 0.746 bits per heavy atom. The van der Waals surface area contributed by atoms with Gasteiger partial charge < -0.3 is 4.90 Å². The van der Waals surface area contributed by atoms with Gasteiger partial charge in [0.2, 0.25) is 0 Å². The van der Waals surface area contributed by atoms with Crippen molar-refractivity contribution in [3.63, 3.8) is 0 Å². The average molecular weight is 818 g/mol. The first-order valence-corrected chi connectivity index (χ1v) is 22.6. The second-order valence-corrected chi connectivity index (χ2v) is 17.8. The zero-order valence-electron chi connectivity index (χ0n) is 34.4. The SMILES string of the molecule is c1ccc(-c2ccc(-c3ccc(N(c4cccc(-c5cccc6c5sc5ccccc56)c4)c4ccc5c(c4)C4(c6ccccc6-c6ccccc64)c4ccccc4-5)cc3)cc2)cc1. The molecule has 0 bridgehead atoms. The molecule has 13 rings (SSSR count). The van der Waals surface area contributed by atoms with Gasteiger partial charge in [-0.1, -0.05) is 194 Å². The van der Waals surface area contributed by atoms with Crippen molar-refractivity contribution < 1.29 is 0 Å². The predicted octanol–water partition coefficient (Wildman–Crippen LogP) is 16.9. The van der Waals surface area contributed by atoms with Crippen molar-refractivity contribution in [2.45, 2.75) is 5.41 Å². The Morgan fingerprint density at radius 3 is 1.41 bits per heavy atom. The molecular formula is C61H39NS. The molecule has 0 unspecified atom stereocenters. The van der Waals surface area contributed by atoms with Crippen LogP contribution in [0.3, 0.4) is 0 Å². The Hall–Kier alpha value is -7.78. The van der Waals surface area contributed by atoms with Crippen LogP contribution in [-0.4, -0.2) is 0 Å². The molecule has 2 heteroatoms. The average Bonchev–Trinajstić information content (AvgIpc) is 3.99. The summed E-state index contributed by atoms with van der Waals surface area (Å²) in [5.41, 5.74) is 20.8. The highest BCUT2D eigenvalue weighted by atomic mass is 32.1.